The number of rotatable bonds is 5. The Morgan fingerprint density at radius 1 is 0.967 bits per heavy atom. The fourth-order valence-electron chi connectivity index (χ4n) is 3.85. The first-order valence-electron chi connectivity index (χ1n) is 10.5. The molecule has 0 aliphatic heterocycles. The minimum absolute atomic E-state index is 0.163. The summed E-state index contributed by atoms with van der Waals surface area (Å²) in [6, 6.07) is 15.4. The van der Waals surface area contributed by atoms with Crippen LogP contribution >= 0.6 is 0 Å². The van der Waals surface area contributed by atoms with Gasteiger partial charge in [-0.3, -0.25) is 9.78 Å². The number of amides is 1. The fraction of sp³-hybridized carbons (Fsp3) is 0.250. The second kappa shape index (κ2) is 6.76. The summed E-state index contributed by atoms with van der Waals surface area (Å²) < 4.78 is 1.99. The van der Waals surface area contributed by atoms with E-state index < -0.39 is 0 Å². The molecule has 2 aliphatic carbocycles. The van der Waals surface area contributed by atoms with Crippen LogP contribution in [0.5, 0.6) is 0 Å². The molecule has 0 saturated heterocycles. The minimum atomic E-state index is -0.163. The van der Waals surface area contributed by atoms with Gasteiger partial charge in [-0.15, -0.1) is 0 Å². The number of benzene rings is 1. The number of anilines is 1. The first kappa shape index (κ1) is 17.3. The summed E-state index contributed by atoms with van der Waals surface area (Å²) in [5.41, 5.74) is 4.60. The highest BCUT2D eigenvalue weighted by Crippen LogP contribution is 2.45. The van der Waals surface area contributed by atoms with Gasteiger partial charge in [-0.05, 0) is 68.1 Å². The maximum atomic E-state index is 12.7. The molecule has 1 amide bonds. The third-order valence-corrected chi connectivity index (χ3v) is 5.83. The second-order valence-corrected chi connectivity index (χ2v) is 8.22. The van der Waals surface area contributed by atoms with Crippen LogP contribution in [0.15, 0.2) is 60.9 Å². The van der Waals surface area contributed by atoms with Crippen LogP contribution in [-0.2, 0) is 0 Å². The Labute approximate surface area is 174 Å². The first-order valence-corrected chi connectivity index (χ1v) is 10.5. The van der Waals surface area contributed by atoms with Crippen LogP contribution in [0.2, 0.25) is 0 Å². The highest BCUT2D eigenvalue weighted by Gasteiger charge is 2.33. The molecule has 1 N–H and O–H groups in total. The standard InChI is InChI=1S/C24H21N5O/c30-24(18-7-9-20-17(12-18)2-1-11-25-20)27-19-8-10-23(26-14-19)29-22(16-5-6-16)13-21(28-29)15-3-4-15/h1-2,7-16H,3-6H2,(H,27,30). The molecule has 2 saturated carbocycles. The van der Waals surface area contributed by atoms with Gasteiger partial charge in [0.1, 0.15) is 0 Å². The molecule has 0 spiro atoms. The van der Waals surface area contributed by atoms with E-state index in [2.05, 4.69) is 21.4 Å². The Morgan fingerprint density at radius 2 is 1.83 bits per heavy atom. The van der Waals surface area contributed by atoms with E-state index in [4.69, 9.17) is 5.10 Å². The maximum Gasteiger partial charge on any atom is 0.255 e. The smallest absolute Gasteiger partial charge is 0.255 e. The number of nitrogens with zero attached hydrogens (tertiary/aromatic N) is 4. The molecular weight excluding hydrogens is 374 g/mol. The van der Waals surface area contributed by atoms with Crippen LogP contribution in [0, 0.1) is 0 Å². The number of aromatic nitrogens is 4. The van der Waals surface area contributed by atoms with Crippen LogP contribution in [0.1, 0.15) is 59.3 Å². The van der Waals surface area contributed by atoms with Crippen molar-refractivity contribution in [3.8, 4) is 5.82 Å². The lowest BCUT2D eigenvalue weighted by Gasteiger charge is -2.08. The van der Waals surface area contributed by atoms with E-state index in [-0.39, 0.29) is 5.91 Å². The molecule has 3 heterocycles. The lowest BCUT2D eigenvalue weighted by Crippen LogP contribution is -2.12. The summed E-state index contributed by atoms with van der Waals surface area (Å²) in [6.45, 7) is 0. The third-order valence-electron chi connectivity index (χ3n) is 5.83. The van der Waals surface area contributed by atoms with Crippen LogP contribution in [-0.4, -0.2) is 25.7 Å². The summed E-state index contributed by atoms with van der Waals surface area (Å²) in [4.78, 5) is 21.6. The Balaban J connectivity index is 1.23. The second-order valence-electron chi connectivity index (χ2n) is 8.22. The van der Waals surface area contributed by atoms with Crippen molar-refractivity contribution in [2.45, 2.75) is 37.5 Å². The zero-order chi connectivity index (χ0) is 20.1. The molecule has 2 aliphatic rings. The van der Waals surface area contributed by atoms with Gasteiger partial charge in [0.25, 0.3) is 5.91 Å². The Kier molecular flexibility index (Phi) is 3.91. The van der Waals surface area contributed by atoms with Crippen molar-refractivity contribution < 1.29 is 4.79 Å². The lowest BCUT2D eigenvalue weighted by atomic mass is 10.1. The van der Waals surface area contributed by atoms with Crippen molar-refractivity contribution in [2.24, 2.45) is 0 Å². The van der Waals surface area contributed by atoms with Gasteiger partial charge in [0.05, 0.1) is 23.1 Å². The zero-order valence-corrected chi connectivity index (χ0v) is 16.5. The molecule has 0 unspecified atom stereocenters. The topological polar surface area (TPSA) is 72.7 Å². The number of hydrogen-bond donors (Lipinski definition) is 1. The van der Waals surface area contributed by atoms with Gasteiger partial charge >= 0.3 is 0 Å². The van der Waals surface area contributed by atoms with E-state index in [0.29, 0.717) is 23.1 Å². The highest BCUT2D eigenvalue weighted by molar-refractivity contribution is 6.06. The number of carbonyl (C=O) groups excluding carboxylic acids is 1. The first-order chi connectivity index (χ1) is 14.7. The largest absolute Gasteiger partial charge is 0.321 e. The third kappa shape index (κ3) is 3.24. The summed E-state index contributed by atoms with van der Waals surface area (Å²) in [7, 11) is 0. The zero-order valence-electron chi connectivity index (χ0n) is 16.5. The number of pyridine rings is 2. The monoisotopic (exact) mass is 395 g/mol. The lowest BCUT2D eigenvalue weighted by molar-refractivity contribution is 0.102. The normalized spacial score (nSPS) is 16.0. The van der Waals surface area contributed by atoms with Crippen molar-refractivity contribution in [3.05, 3.63) is 77.9 Å². The van der Waals surface area contributed by atoms with Crippen LogP contribution in [0.25, 0.3) is 16.7 Å². The van der Waals surface area contributed by atoms with E-state index in [0.717, 1.165) is 16.7 Å². The van der Waals surface area contributed by atoms with Gasteiger partial charge in [-0.2, -0.15) is 5.10 Å². The minimum Gasteiger partial charge on any atom is -0.321 e. The van der Waals surface area contributed by atoms with Crippen LogP contribution in [0.4, 0.5) is 5.69 Å². The molecular formula is C24H21N5O. The highest BCUT2D eigenvalue weighted by atomic mass is 16.1. The predicted molar refractivity (Wildman–Crippen MR) is 115 cm³/mol. The molecule has 2 fully saturated rings. The Hall–Kier alpha value is -3.54. The molecule has 0 radical (unpaired) electrons. The van der Waals surface area contributed by atoms with E-state index >= 15 is 0 Å². The van der Waals surface area contributed by atoms with Crippen molar-refractivity contribution in [1.29, 1.82) is 0 Å². The van der Waals surface area contributed by atoms with E-state index in [1.165, 1.54) is 37.1 Å². The Bertz CT molecular complexity index is 1250. The molecule has 0 bridgehead atoms. The fourth-order valence-corrected chi connectivity index (χ4v) is 3.85. The SMILES string of the molecule is O=C(Nc1ccc(-n2nc(C3CC3)cc2C2CC2)nc1)c1ccc2ncccc2c1. The van der Waals surface area contributed by atoms with Gasteiger partial charge < -0.3 is 5.32 Å². The number of nitrogens with one attached hydrogen (secondary N) is 1. The van der Waals surface area contributed by atoms with Crippen LogP contribution in [0.3, 0.4) is 0 Å². The molecule has 6 nitrogen and oxygen atoms in total. The molecule has 30 heavy (non-hydrogen) atoms. The molecule has 4 aromatic rings. The van der Waals surface area contributed by atoms with Crippen molar-refractivity contribution >= 4 is 22.5 Å². The maximum absolute atomic E-state index is 12.7. The van der Waals surface area contributed by atoms with Gasteiger partial charge in [0, 0.05) is 34.7 Å². The molecule has 6 rings (SSSR count). The molecule has 3 aromatic heterocycles. The molecule has 1 aromatic carbocycles. The van der Waals surface area contributed by atoms with E-state index in [1.807, 2.05) is 41.1 Å². The summed E-state index contributed by atoms with van der Waals surface area (Å²) in [5.74, 6) is 1.87. The summed E-state index contributed by atoms with van der Waals surface area (Å²) in [6.07, 6.45) is 8.38. The molecule has 0 atom stereocenters. The quantitative estimate of drug-likeness (QED) is 0.526. The van der Waals surface area contributed by atoms with E-state index in [1.54, 1.807) is 18.5 Å². The summed E-state index contributed by atoms with van der Waals surface area (Å²) in [5, 5.41) is 8.71. The number of hydrogen-bond acceptors (Lipinski definition) is 4. The van der Waals surface area contributed by atoms with Crippen molar-refractivity contribution in [2.75, 3.05) is 5.32 Å². The van der Waals surface area contributed by atoms with Gasteiger partial charge in [-0.25, -0.2) is 9.67 Å². The van der Waals surface area contributed by atoms with Crippen molar-refractivity contribution in [3.63, 3.8) is 0 Å². The number of fused-ring (bicyclic) bond motifs is 1. The predicted octanol–water partition coefficient (Wildman–Crippen LogP) is 4.82. The summed E-state index contributed by atoms with van der Waals surface area (Å²) >= 11 is 0. The van der Waals surface area contributed by atoms with Gasteiger partial charge in [0.15, 0.2) is 5.82 Å². The van der Waals surface area contributed by atoms with E-state index in [9.17, 15) is 4.79 Å². The van der Waals surface area contributed by atoms with Gasteiger partial charge in [-0.1, -0.05) is 6.07 Å². The Morgan fingerprint density at radius 3 is 2.60 bits per heavy atom. The average Bonchev–Trinajstić information content (AvgIpc) is 3.72. The molecule has 148 valence electrons. The van der Waals surface area contributed by atoms with Crippen LogP contribution < -0.4 is 5.32 Å². The van der Waals surface area contributed by atoms with Crippen molar-refractivity contribution in [1.82, 2.24) is 19.7 Å². The average molecular weight is 395 g/mol. The van der Waals surface area contributed by atoms with Gasteiger partial charge in [0.2, 0.25) is 0 Å². The molecule has 6 heteroatoms. The number of carbonyl (C=O) groups is 1.